The number of aryl methyl sites for hydroxylation is 1. The van der Waals surface area contributed by atoms with Gasteiger partial charge in [-0.25, -0.2) is 4.39 Å². The number of halogens is 2. The molecule has 0 N–H and O–H groups in total. The first kappa shape index (κ1) is 9.33. The maximum atomic E-state index is 13.1. The number of ether oxygens (including phenoxy) is 1. The van der Waals surface area contributed by atoms with Gasteiger partial charge in [0.05, 0.1) is 6.61 Å². The molecule has 0 saturated carbocycles. The van der Waals surface area contributed by atoms with Crippen LogP contribution in [0.1, 0.15) is 12.5 Å². The zero-order valence-electron chi connectivity index (χ0n) is 7.03. The second-order valence-electron chi connectivity index (χ2n) is 2.44. The van der Waals surface area contributed by atoms with E-state index in [2.05, 4.69) is 0 Å². The zero-order valence-corrected chi connectivity index (χ0v) is 7.78. The van der Waals surface area contributed by atoms with E-state index in [0.29, 0.717) is 17.9 Å². The van der Waals surface area contributed by atoms with Crippen LogP contribution < -0.4 is 4.74 Å². The minimum Gasteiger partial charge on any atom is -0.492 e. The molecule has 0 amide bonds. The predicted octanol–water partition coefficient (Wildman–Crippen LogP) is 3.19. The maximum absolute atomic E-state index is 13.1. The van der Waals surface area contributed by atoms with Crippen molar-refractivity contribution in [2.45, 2.75) is 13.8 Å². The molecule has 0 spiro atoms. The average molecular weight is 189 g/mol. The Bertz CT molecular complexity index is 286. The Morgan fingerprint density at radius 3 is 2.75 bits per heavy atom. The largest absolute Gasteiger partial charge is 0.492 e. The smallest absolute Gasteiger partial charge is 0.148 e. The lowest BCUT2D eigenvalue weighted by Crippen LogP contribution is -1.94. The van der Waals surface area contributed by atoms with Crippen molar-refractivity contribution in [3.8, 4) is 5.75 Å². The first-order valence-electron chi connectivity index (χ1n) is 3.74. The van der Waals surface area contributed by atoms with Gasteiger partial charge in [0, 0.05) is 0 Å². The summed E-state index contributed by atoms with van der Waals surface area (Å²) in [7, 11) is 0. The number of hydrogen-bond acceptors (Lipinski definition) is 1. The molecule has 3 heteroatoms. The van der Waals surface area contributed by atoms with E-state index in [1.54, 1.807) is 19.1 Å². The summed E-state index contributed by atoms with van der Waals surface area (Å²) in [5.41, 5.74) is 0.531. The highest BCUT2D eigenvalue weighted by Gasteiger charge is 2.08. The highest BCUT2D eigenvalue weighted by Crippen LogP contribution is 2.28. The Labute approximate surface area is 76.1 Å². The van der Waals surface area contributed by atoms with Crippen LogP contribution in [0.15, 0.2) is 12.1 Å². The minimum atomic E-state index is -0.400. The van der Waals surface area contributed by atoms with Gasteiger partial charge in [0.2, 0.25) is 0 Å². The second-order valence-corrected chi connectivity index (χ2v) is 2.82. The zero-order chi connectivity index (χ0) is 9.14. The van der Waals surface area contributed by atoms with Crippen LogP contribution in [0.2, 0.25) is 5.02 Å². The molecule has 0 radical (unpaired) electrons. The summed E-state index contributed by atoms with van der Waals surface area (Å²) in [6, 6.07) is 3.32. The first-order chi connectivity index (χ1) is 5.66. The molecule has 1 rings (SSSR count). The molecule has 0 atom stereocenters. The predicted molar refractivity (Wildman–Crippen MR) is 47.3 cm³/mol. The summed E-state index contributed by atoms with van der Waals surface area (Å²) < 4.78 is 18.2. The average Bonchev–Trinajstić information content (AvgIpc) is 2.07. The fourth-order valence-corrected chi connectivity index (χ4v) is 1.16. The van der Waals surface area contributed by atoms with Gasteiger partial charge in [-0.05, 0) is 25.5 Å². The molecule has 0 aromatic heterocycles. The Kier molecular flexibility index (Phi) is 2.93. The third kappa shape index (κ3) is 1.69. The van der Waals surface area contributed by atoms with E-state index in [0.717, 1.165) is 0 Å². The number of rotatable bonds is 2. The van der Waals surface area contributed by atoms with Crippen molar-refractivity contribution in [3.63, 3.8) is 0 Å². The van der Waals surface area contributed by atoms with Gasteiger partial charge in [-0.15, -0.1) is 0 Å². The molecule has 0 bridgehead atoms. The summed E-state index contributed by atoms with van der Waals surface area (Å²) >= 11 is 5.68. The molecule has 0 aliphatic carbocycles. The van der Waals surface area contributed by atoms with Crippen LogP contribution in [-0.4, -0.2) is 6.61 Å². The van der Waals surface area contributed by atoms with Gasteiger partial charge >= 0.3 is 0 Å². The Morgan fingerprint density at radius 2 is 2.17 bits per heavy atom. The van der Waals surface area contributed by atoms with Crippen molar-refractivity contribution in [2.24, 2.45) is 0 Å². The van der Waals surface area contributed by atoms with E-state index in [1.165, 1.54) is 0 Å². The standard InChI is InChI=1S/C9H10ClFO/c1-3-12-7-5-4-6(2)9(11)8(7)10/h4-5H,3H2,1-2H3. The quantitative estimate of drug-likeness (QED) is 0.693. The summed E-state index contributed by atoms with van der Waals surface area (Å²) in [5, 5.41) is 0.0665. The van der Waals surface area contributed by atoms with Gasteiger partial charge in [0.25, 0.3) is 0 Å². The molecule has 0 unspecified atom stereocenters. The van der Waals surface area contributed by atoms with Crippen molar-refractivity contribution in [1.29, 1.82) is 0 Å². The molecular formula is C9H10ClFO. The van der Waals surface area contributed by atoms with Crippen LogP contribution in [0.25, 0.3) is 0 Å². The van der Waals surface area contributed by atoms with Gasteiger partial charge < -0.3 is 4.74 Å². The Hall–Kier alpha value is -0.760. The molecule has 1 aromatic carbocycles. The van der Waals surface area contributed by atoms with Crippen molar-refractivity contribution < 1.29 is 9.13 Å². The Morgan fingerprint density at radius 1 is 1.50 bits per heavy atom. The number of hydrogen-bond donors (Lipinski definition) is 0. The van der Waals surface area contributed by atoms with Crippen LogP contribution in [0.3, 0.4) is 0 Å². The molecule has 0 aliphatic rings. The SMILES string of the molecule is CCOc1ccc(C)c(F)c1Cl. The van der Waals surface area contributed by atoms with E-state index in [1.807, 2.05) is 6.92 Å². The van der Waals surface area contributed by atoms with E-state index in [-0.39, 0.29) is 5.02 Å². The summed E-state index contributed by atoms with van der Waals surface area (Å²) in [4.78, 5) is 0. The molecular weight excluding hydrogens is 179 g/mol. The fourth-order valence-electron chi connectivity index (χ4n) is 0.895. The normalized spacial score (nSPS) is 10.0. The van der Waals surface area contributed by atoms with Crippen LogP contribution in [0.4, 0.5) is 4.39 Å². The monoisotopic (exact) mass is 188 g/mol. The third-order valence-corrected chi connectivity index (χ3v) is 1.89. The first-order valence-corrected chi connectivity index (χ1v) is 4.12. The summed E-state index contributed by atoms with van der Waals surface area (Å²) in [6.07, 6.45) is 0. The van der Waals surface area contributed by atoms with Crippen molar-refractivity contribution in [3.05, 3.63) is 28.5 Å². The lowest BCUT2D eigenvalue weighted by molar-refractivity contribution is 0.338. The van der Waals surface area contributed by atoms with E-state index in [9.17, 15) is 4.39 Å². The van der Waals surface area contributed by atoms with Crippen LogP contribution in [0.5, 0.6) is 5.75 Å². The van der Waals surface area contributed by atoms with Crippen LogP contribution >= 0.6 is 11.6 Å². The molecule has 1 aromatic rings. The lowest BCUT2D eigenvalue weighted by atomic mass is 10.2. The maximum Gasteiger partial charge on any atom is 0.148 e. The third-order valence-electron chi connectivity index (χ3n) is 1.54. The number of benzene rings is 1. The summed E-state index contributed by atoms with van der Waals surface area (Å²) in [5.74, 6) is 0.00452. The topological polar surface area (TPSA) is 9.23 Å². The molecule has 0 fully saturated rings. The van der Waals surface area contributed by atoms with Crippen LogP contribution in [0, 0.1) is 12.7 Å². The van der Waals surface area contributed by atoms with Gasteiger partial charge in [0.15, 0.2) is 0 Å². The molecule has 66 valence electrons. The van der Waals surface area contributed by atoms with Crippen molar-refractivity contribution in [2.75, 3.05) is 6.61 Å². The molecule has 12 heavy (non-hydrogen) atoms. The van der Waals surface area contributed by atoms with E-state index in [4.69, 9.17) is 16.3 Å². The highest BCUT2D eigenvalue weighted by atomic mass is 35.5. The molecule has 0 heterocycles. The minimum absolute atomic E-state index is 0.0665. The van der Waals surface area contributed by atoms with E-state index >= 15 is 0 Å². The Balaban J connectivity index is 3.08. The van der Waals surface area contributed by atoms with Gasteiger partial charge in [-0.1, -0.05) is 17.7 Å². The van der Waals surface area contributed by atoms with E-state index < -0.39 is 5.82 Å². The molecule has 0 aliphatic heterocycles. The second kappa shape index (κ2) is 3.76. The van der Waals surface area contributed by atoms with Crippen molar-refractivity contribution in [1.82, 2.24) is 0 Å². The summed E-state index contributed by atoms with van der Waals surface area (Å²) in [6.45, 7) is 3.98. The van der Waals surface area contributed by atoms with Crippen molar-refractivity contribution >= 4 is 11.6 Å². The fraction of sp³-hybridized carbons (Fsp3) is 0.333. The lowest BCUT2D eigenvalue weighted by Gasteiger charge is -2.06. The van der Waals surface area contributed by atoms with Gasteiger partial charge in [0.1, 0.15) is 16.6 Å². The molecule has 1 nitrogen and oxygen atoms in total. The highest BCUT2D eigenvalue weighted by molar-refractivity contribution is 6.32. The van der Waals surface area contributed by atoms with Gasteiger partial charge in [-0.3, -0.25) is 0 Å². The molecule has 0 saturated heterocycles. The van der Waals surface area contributed by atoms with Gasteiger partial charge in [-0.2, -0.15) is 0 Å². The van der Waals surface area contributed by atoms with Crippen LogP contribution in [-0.2, 0) is 0 Å².